The first kappa shape index (κ1) is 18.0. The summed E-state index contributed by atoms with van der Waals surface area (Å²) in [5.41, 5.74) is 3.35. The van der Waals surface area contributed by atoms with Crippen LogP contribution in [0.4, 0.5) is 4.39 Å². The van der Waals surface area contributed by atoms with Crippen LogP contribution >= 0.6 is 11.9 Å². The minimum atomic E-state index is -0.375. The number of halogens is 1. The molecule has 0 aliphatic carbocycles. The van der Waals surface area contributed by atoms with Gasteiger partial charge in [-0.25, -0.2) is 8.70 Å². The van der Waals surface area contributed by atoms with Gasteiger partial charge in [0.2, 0.25) is 11.8 Å². The molecular weight excluding hydrogens is 367 g/mol. The Bertz CT molecular complexity index is 918. The molecule has 0 saturated carbocycles. The number of nitrogens with zero attached hydrogens (tertiary/aromatic N) is 1. The lowest BCUT2D eigenvalue weighted by atomic mass is 9.89. The van der Waals surface area contributed by atoms with Gasteiger partial charge in [0.05, 0.1) is 13.0 Å². The second-order valence-electron chi connectivity index (χ2n) is 6.72. The van der Waals surface area contributed by atoms with Crippen molar-refractivity contribution in [3.63, 3.8) is 0 Å². The number of rotatable bonds is 4. The van der Waals surface area contributed by atoms with E-state index in [1.807, 2.05) is 6.07 Å². The fourth-order valence-corrected chi connectivity index (χ4v) is 4.52. The van der Waals surface area contributed by atoms with E-state index in [2.05, 4.69) is 21.8 Å². The monoisotopic (exact) mass is 386 g/mol. The molecule has 0 bridgehead atoms. The van der Waals surface area contributed by atoms with Gasteiger partial charge in [-0.05, 0) is 53.3 Å². The summed E-state index contributed by atoms with van der Waals surface area (Å²) >= 11 is 1.55. The lowest BCUT2D eigenvalue weighted by molar-refractivity contribution is -0.134. The van der Waals surface area contributed by atoms with Crippen LogP contribution in [0.15, 0.2) is 41.3 Å². The molecule has 4 rings (SSSR count). The van der Waals surface area contributed by atoms with Crippen molar-refractivity contribution < 1.29 is 18.7 Å². The zero-order valence-electron chi connectivity index (χ0n) is 14.8. The molecule has 7 heteroatoms. The number of fused-ring (bicyclic) bond motifs is 1. The van der Waals surface area contributed by atoms with Crippen LogP contribution in [-0.2, 0) is 22.7 Å². The van der Waals surface area contributed by atoms with E-state index in [0.29, 0.717) is 12.8 Å². The number of carbonyl (C=O) groups is 2. The number of carbonyl (C=O) groups excluding carboxylic acids is 2. The van der Waals surface area contributed by atoms with Gasteiger partial charge in [-0.3, -0.25) is 14.9 Å². The van der Waals surface area contributed by atoms with Crippen LogP contribution in [0, 0.1) is 5.82 Å². The molecule has 140 valence electrons. The Morgan fingerprint density at radius 2 is 1.96 bits per heavy atom. The lowest BCUT2D eigenvalue weighted by Gasteiger charge is -2.21. The van der Waals surface area contributed by atoms with Gasteiger partial charge >= 0.3 is 0 Å². The predicted molar refractivity (Wildman–Crippen MR) is 99.6 cm³/mol. The topological polar surface area (TPSA) is 58.6 Å². The molecule has 1 fully saturated rings. The second-order valence-corrected chi connectivity index (χ2v) is 7.89. The highest BCUT2D eigenvalue weighted by Crippen LogP contribution is 2.36. The van der Waals surface area contributed by atoms with E-state index in [1.54, 1.807) is 24.1 Å². The summed E-state index contributed by atoms with van der Waals surface area (Å²) in [6, 6.07) is 10.9. The van der Waals surface area contributed by atoms with Crippen LogP contribution in [0.5, 0.6) is 5.75 Å². The summed E-state index contributed by atoms with van der Waals surface area (Å²) in [7, 11) is 1.45. The molecule has 2 aliphatic rings. The SMILES string of the molecule is COc1cc(SN2Cc3ccc(C4CCC(=O)NC4=O)cc3C2)ccc1F. The highest BCUT2D eigenvalue weighted by atomic mass is 32.2. The van der Waals surface area contributed by atoms with Gasteiger partial charge in [0.15, 0.2) is 11.6 Å². The average molecular weight is 386 g/mol. The van der Waals surface area contributed by atoms with Crippen molar-refractivity contribution in [2.24, 2.45) is 0 Å². The van der Waals surface area contributed by atoms with Gasteiger partial charge in [0.1, 0.15) is 0 Å². The molecule has 27 heavy (non-hydrogen) atoms. The summed E-state index contributed by atoms with van der Waals surface area (Å²) in [5.74, 6) is -0.822. The van der Waals surface area contributed by atoms with Crippen molar-refractivity contribution in [2.75, 3.05) is 7.11 Å². The minimum Gasteiger partial charge on any atom is -0.494 e. The highest BCUT2D eigenvalue weighted by Gasteiger charge is 2.29. The first-order chi connectivity index (χ1) is 13.0. The van der Waals surface area contributed by atoms with Crippen LogP contribution in [0.25, 0.3) is 0 Å². The first-order valence-corrected chi connectivity index (χ1v) is 9.52. The summed E-state index contributed by atoms with van der Waals surface area (Å²) < 4.78 is 20.8. The molecule has 2 aliphatic heterocycles. The maximum Gasteiger partial charge on any atom is 0.234 e. The average Bonchev–Trinajstić information content (AvgIpc) is 3.04. The van der Waals surface area contributed by atoms with Crippen molar-refractivity contribution in [1.82, 2.24) is 9.62 Å². The van der Waals surface area contributed by atoms with Crippen LogP contribution in [0.1, 0.15) is 35.4 Å². The zero-order chi connectivity index (χ0) is 19.0. The van der Waals surface area contributed by atoms with E-state index >= 15 is 0 Å². The number of benzene rings is 2. The summed E-state index contributed by atoms with van der Waals surface area (Å²) in [6.45, 7) is 1.51. The van der Waals surface area contributed by atoms with Crippen LogP contribution in [-0.4, -0.2) is 23.2 Å². The normalized spacial score (nSPS) is 19.7. The summed E-state index contributed by atoms with van der Waals surface area (Å²) in [4.78, 5) is 24.4. The van der Waals surface area contributed by atoms with E-state index in [1.165, 1.54) is 24.3 Å². The maximum absolute atomic E-state index is 13.6. The molecule has 2 amide bonds. The van der Waals surface area contributed by atoms with Crippen LogP contribution < -0.4 is 10.1 Å². The van der Waals surface area contributed by atoms with E-state index in [9.17, 15) is 14.0 Å². The molecule has 0 radical (unpaired) electrons. The molecular formula is C20H19FN2O3S. The van der Waals surface area contributed by atoms with Crippen molar-refractivity contribution >= 4 is 23.8 Å². The zero-order valence-corrected chi connectivity index (χ0v) is 15.6. The third-order valence-electron chi connectivity index (χ3n) is 4.92. The molecule has 1 N–H and O–H groups in total. The number of hydrogen-bond acceptors (Lipinski definition) is 5. The van der Waals surface area contributed by atoms with E-state index in [0.717, 1.165) is 23.5 Å². The van der Waals surface area contributed by atoms with Crippen molar-refractivity contribution in [2.45, 2.75) is 36.7 Å². The molecule has 0 aromatic heterocycles. The fourth-order valence-electron chi connectivity index (χ4n) is 3.52. The maximum atomic E-state index is 13.6. The highest BCUT2D eigenvalue weighted by molar-refractivity contribution is 7.97. The Labute approximate surface area is 161 Å². The van der Waals surface area contributed by atoms with Crippen molar-refractivity contribution in [3.8, 4) is 5.75 Å². The molecule has 1 atom stereocenters. The van der Waals surface area contributed by atoms with E-state index in [-0.39, 0.29) is 29.3 Å². The van der Waals surface area contributed by atoms with E-state index < -0.39 is 0 Å². The number of imide groups is 1. The molecule has 2 heterocycles. The molecule has 1 saturated heterocycles. The number of ether oxygens (including phenoxy) is 1. The molecule has 2 aromatic rings. The fraction of sp³-hybridized carbons (Fsp3) is 0.300. The van der Waals surface area contributed by atoms with Gasteiger partial charge in [0.25, 0.3) is 0 Å². The van der Waals surface area contributed by atoms with Gasteiger partial charge < -0.3 is 4.74 Å². The van der Waals surface area contributed by atoms with Crippen LogP contribution in [0.3, 0.4) is 0 Å². The quantitative estimate of drug-likeness (QED) is 0.645. The van der Waals surface area contributed by atoms with Gasteiger partial charge in [-0.15, -0.1) is 0 Å². The Morgan fingerprint density at radius 1 is 1.15 bits per heavy atom. The van der Waals surface area contributed by atoms with Gasteiger partial charge in [-0.1, -0.05) is 18.2 Å². The standard InChI is InChI=1S/C20H19FN2O3S/c1-26-18-9-15(4-6-17(18)21)27-23-10-13-3-2-12(8-14(13)11-23)16-5-7-19(24)22-20(16)25/h2-4,6,8-9,16H,5,7,10-11H2,1H3,(H,22,24,25). The van der Waals surface area contributed by atoms with Crippen LogP contribution in [0.2, 0.25) is 0 Å². The Morgan fingerprint density at radius 3 is 2.74 bits per heavy atom. The number of amides is 2. The lowest BCUT2D eigenvalue weighted by Crippen LogP contribution is -2.39. The van der Waals surface area contributed by atoms with Gasteiger partial charge in [0, 0.05) is 24.4 Å². The number of nitrogens with one attached hydrogen (secondary N) is 1. The van der Waals surface area contributed by atoms with Crippen molar-refractivity contribution in [1.29, 1.82) is 0 Å². The molecule has 0 spiro atoms. The largest absolute Gasteiger partial charge is 0.494 e. The third kappa shape index (κ3) is 3.70. The third-order valence-corrected chi connectivity index (χ3v) is 5.90. The van der Waals surface area contributed by atoms with Gasteiger partial charge in [-0.2, -0.15) is 0 Å². The summed E-state index contributed by atoms with van der Waals surface area (Å²) in [5, 5.41) is 2.42. The Kier molecular flexibility index (Phi) is 4.88. The molecule has 1 unspecified atom stereocenters. The number of hydrogen-bond donors (Lipinski definition) is 1. The second kappa shape index (κ2) is 7.32. The Hall–Kier alpha value is -2.38. The number of piperidine rings is 1. The first-order valence-electron chi connectivity index (χ1n) is 8.75. The minimum absolute atomic E-state index is 0.199. The number of methoxy groups -OCH3 is 1. The molecule has 5 nitrogen and oxygen atoms in total. The summed E-state index contributed by atoms with van der Waals surface area (Å²) in [6.07, 6.45) is 0.930. The Balaban J connectivity index is 1.47. The van der Waals surface area contributed by atoms with Crippen molar-refractivity contribution in [3.05, 3.63) is 58.9 Å². The smallest absolute Gasteiger partial charge is 0.234 e. The predicted octanol–water partition coefficient (Wildman–Crippen LogP) is 3.38. The van der Waals surface area contributed by atoms with E-state index in [4.69, 9.17) is 4.74 Å². The molecule has 2 aromatic carbocycles.